The van der Waals surface area contributed by atoms with Gasteiger partial charge in [0.05, 0.1) is 36.1 Å². The lowest BCUT2D eigenvalue weighted by atomic mass is 10.2. The molecule has 0 amide bonds. The monoisotopic (exact) mass is 406 g/mol. The Morgan fingerprint density at radius 3 is 2.67 bits per heavy atom. The Morgan fingerprint density at radius 1 is 1.07 bits per heavy atom. The Bertz CT molecular complexity index is 1100. The van der Waals surface area contributed by atoms with Gasteiger partial charge in [-0.05, 0) is 37.1 Å². The molecule has 0 bridgehead atoms. The number of hydrogen-bond donors (Lipinski definition) is 1. The highest BCUT2D eigenvalue weighted by molar-refractivity contribution is 5.81. The van der Waals surface area contributed by atoms with Crippen LogP contribution in [0.25, 0.3) is 10.9 Å². The van der Waals surface area contributed by atoms with Crippen LogP contribution in [-0.4, -0.2) is 62.3 Å². The zero-order valence-corrected chi connectivity index (χ0v) is 16.9. The number of aromatic nitrogens is 4. The molecule has 0 atom stereocenters. The summed E-state index contributed by atoms with van der Waals surface area (Å²) in [6.45, 7) is 4.83. The Kier molecular flexibility index (Phi) is 5.18. The first-order valence-corrected chi connectivity index (χ1v) is 10.6. The molecule has 3 aromatic rings. The predicted octanol–water partition coefficient (Wildman–Crippen LogP) is 1.38. The molecule has 2 aliphatic rings. The minimum absolute atomic E-state index is 0.0770. The van der Waals surface area contributed by atoms with Gasteiger partial charge in [-0.15, -0.1) is 0 Å². The molecular weight excluding hydrogens is 380 g/mol. The van der Waals surface area contributed by atoms with Crippen LogP contribution < -0.4 is 10.5 Å². The summed E-state index contributed by atoms with van der Waals surface area (Å²) in [4.78, 5) is 30.8. The Morgan fingerprint density at radius 2 is 1.90 bits per heavy atom. The SMILES string of the molecule is O=c1c2ccc(N3CCN(Cc4ccnc(C5CC5)n4)CC3)cc2ncn1CCO. The molecule has 5 rings (SSSR count). The van der Waals surface area contributed by atoms with E-state index < -0.39 is 0 Å². The number of benzene rings is 1. The highest BCUT2D eigenvalue weighted by Crippen LogP contribution is 2.37. The van der Waals surface area contributed by atoms with E-state index >= 15 is 0 Å². The second kappa shape index (κ2) is 8.12. The highest BCUT2D eigenvalue weighted by Gasteiger charge is 2.27. The van der Waals surface area contributed by atoms with E-state index in [4.69, 9.17) is 10.1 Å². The molecule has 2 aromatic heterocycles. The van der Waals surface area contributed by atoms with E-state index in [0.29, 0.717) is 16.8 Å². The van der Waals surface area contributed by atoms with Crippen molar-refractivity contribution in [3.8, 4) is 0 Å². The average Bonchev–Trinajstić information content (AvgIpc) is 3.62. The zero-order valence-electron chi connectivity index (χ0n) is 16.9. The van der Waals surface area contributed by atoms with Gasteiger partial charge >= 0.3 is 0 Å². The van der Waals surface area contributed by atoms with Gasteiger partial charge < -0.3 is 10.0 Å². The predicted molar refractivity (Wildman–Crippen MR) is 115 cm³/mol. The minimum Gasteiger partial charge on any atom is -0.395 e. The van der Waals surface area contributed by atoms with Crippen molar-refractivity contribution in [3.05, 3.63) is 58.7 Å². The van der Waals surface area contributed by atoms with Gasteiger partial charge in [0, 0.05) is 50.5 Å². The van der Waals surface area contributed by atoms with Crippen LogP contribution in [-0.2, 0) is 13.1 Å². The van der Waals surface area contributed by atoms with Crippen molar-refractivity contribution in [2.75, 3.05) is 37.7 Å². The minimum atomic E-state index is -0.110. The van der Waals surface area contributed by atoms with Gasteiger partial charge in [-0.2, -0.15) is 0 Å². The maximum atomic E-state index is 12.5. The van der Waals surface area contributed by atoms with Crippen LogP contribution in [0.3, 0.4) is 0 Å². The van der Waals surface area contributed by atoms with Crippen molar-refractivity contribution in [1.29, 1.82) is 0 Å². The fraction of sp³-hybridized carbons (Fsp3) is 0.455. The second-order valence-electron chi connectivity index (χ2n) is 8.11. The van der Waals surface area contributed by atoms with Crippen molar-refractivity contribution < 1.29 is 5.11 Å². The molecule has 0 radical (unpaired) electrons. The first kappa shape index (κ1) is 19.1. The molecule has 1 N–H and O–H groups in total. The molecule has 156 valence electrons. The Labute approximate surface area is 174 Å². The molecule has 1 aromatic carbocycles. The molecule has 8 nitrogen and oxygen atoms in total. The zero-order chi connectivity index (χ0) is 20.5. The average molecular weight is 406 g/mol. The fourth-order valence-corrected chi connectivity index (χ4v) is 4.04. The number of rotatable bonds is 6. The summed E-state index contributed by atoms with van der Waals surface area (Å²) in [5.74, 6) is 1.59. The molecule has 8 heteroatoms. The van der Waals surface area contributed by atoms with Crippen LogP contribution in [0.2, 0.25) is 0 Å². The largest absolute Gasteiger partial charge is 0.395 e. The first-order chi connectivity index (χ1) is 14.7. The lowest BCUT2D eigenvalue weighted by Crippen LogP contribution is -2.46. The number of aliphatic hydroxyl groups excluding tert-OH is 1. The lowest BCUT2D eigenvalue weighted by Gasteiger charge is -2.36. The molecule has 3 heterocycles. The van der Waals surface area contributed by atoms with Gasteiger partial charge in [0.25, 0.3) is 5.56 Å². The van der Waals surface area contributed by atoms with E-state index in [0.717, 1.165) is 49.9 Å². The number of fused-ring (bicyclic) bond motifs is 1. The Balaban J connectivity index is 1.25. The normalized spacial score (nSPS) is 17.6. The molecule has 0 spiro atoms. The molecule has 0 unspecified atom stereocenters. The van der Waals surface area contributed by atoms with Gasteiger partial charge in [-0.1, -0.05) is 0 Å². The van der Waals surface area contributed by atoms with Gasteiger partial charge in [-0.25, -0.2) is 15.0 Å². The maximum absolute atomic E-state index is 12.5. The molecule has 1 aliphatic carbocycles. The third kappa shape index (κ3) is 3.93. The summed E-state index contributed by atoms with van der Waals surface area (Å²) >= 11 is 0. The summed E-state index contributed by atoms with van der Waals surface area (Å²) in [5.41, 5.74) is 2.78. The van der Waals surface area contributed by atoms with E-state index in [9.17, 15) is 4.79 Å². The number of hydrogen-bond acceptors (Lipinski definition) is 7. The topological polar surface area (TPSA) is 87.4 Å². The van der Waals surface area contributed by atoms with Crippen molar-refractivity contribution in [2.45, 2.75) is 31.8 Å². The molecule has 2 fully saturated rings. The number of aliphatic hydroxyl groups is 1. The van der Waals surface area contributed by atoms with Crippen molar-refractivity contribution in [1.82, 2.24) is 24.4 Å². The third-order valence-electron chi connectivity index (χ3n) is 5.95. The number of nitrogens with zero attached hydrogens (tertiary/aromatic N) is 6. The first-order valence-electron chi connectivity index (χ1n) is 10.6. The lowest BCUT2D eigenvalue weighted by molar-refractivity contribution is 0.247. The van der Waals surface area contributed by atoms with Crippen LogP contribution >= 0.6 is 0 Å². The van der Waals surface area contributed by atoms with E-state index in [1.54, 1.807) is 0 Å². The summed E-state index contributed by atoms with van der Waals surface area (Å²) < 4.78 is 1.45. The fourth-order valence-electron chi connectivity index (χ4n) is 4.04. The molecule has 1 aliphatic heterocycles. The van der Waals surface area contributed by atoms with Crippen LogP contribution in [0.5, 0.6) is 0 Å². The standard InChI is InChI=1S/C22H26N6O2/c29-12-11-28-15-24-20-13-18(3-4-19(20)22(28)30)27-9-7-26(8-10-27)14-17-5-6-23-21(25-17)16-1-2-16/h3-6,13,15-16,29H,1-2,7-12,14H2. The van der Waals surface area contributed by atoms with Crippen molar-refractivity contribution in [3.63, 3.8) is 0 Å². The Hall–Kier alpha value is -2.84. The van der Waals surface area contributed by atoms with E-state index in [1.807, 2.05) is 30.5 Å². The summed E-state index contributed by atoms with van der Waals surface area (Å²) in [7, 11) is 0. The van der Waals surface area contributed by atoms with Crippen LogP contribution in [0, 0.1) is 0 Å². The summed E-state index contributed by atoms with van der Waals surface area (Å²) in [6.07, 6.45) is 5.85. The van der Waals surface area contributed by atoms with Gasteiger partial charge in [-0.3, -0.25) is 14.3 Å². The molecule has 1 saturated heterocycles. The van der Waals surface area contributed by atoms with Crippen LogP contribution in [0.15, 0.2) is 41.6 Å². The van der Waals surface area contributed by atoms with Gasteiger partial charge in [0.1, 0.15) is 5.82 Å². The van der Waals surface area contributed by atoms with E-state index in [1.165, 1.54) is 23.7 Å². The summed E-state index contributed by atoms with van der Waals surface area (Å²) in [5, 5.41) is 9.67. The quantitative estimate of drug-likeness (QED) is 0.662. The van der Waals surface area contributed by atoms with Crippen molar-refractivity contribution in [2.24, 2.45) is 0 Å². The third-order valence-corrected chi connectivity index (χ3v) is 5.95. The summed E-state index contributed by atoms with van der Waals surface area (Å²) in [6, 6.07) is 7.86. The van der Waals surface area contributed by atoms with Gasteiger partial charge in [0.2, 0.25) is 0 Å². The van der Waals surface area contributed by atoms with Crippen molar-refractivity contribution >= 4 is 16.6 Å². The molecule has 1 saturated carbocycles. The van der Waals surface area contributed by atoms with Crippen LogP contribution in [0.1, 0.15) is 30.3 Å². The second-order valence-corrected chi connectivity index (χ2v) is 8.11. The number of anilines is 1. The molecular formula is C22H26N6O2. The van der Waals surface area contributed by atoms with Crippen LogP contribution in [0.4, 0.5) is 5.69 Å². The maximum Gasteiger partial charge on any atom is 0.261 e. The smallest absolute Gasteiger partial charge is 0.261 e. The van der Waals surface area contributed by atoms with Gasteiger partial charge in [0.15, 0.2) is 0 Å². The van der Waals surface area contributed by atoms with E-state index in [-0.39, 0.29) is 18.7 Å². The number of piperazine rings is 1. The van der Waals surface area contributed by atoms with E-state index in [2.05, 4.69) is 19.8 Å². The highest BCUT2D eigenvalue weighted by atomic mass is 16.3. The molecule has 30 heavy (non-hydrogen) atoms.